The molecule has 3 aromatic rings. The second-order valence-corrected chi connectivity index (χ2v) is 7.44. The summed E-state index contributed by atoms with van der Waals surface area (Å²) in [5, 5.41) is 1.08. The molecule has 0 bridgehead atoms. The van der Waals surface area contributed by atoms with Crippen LogP contribution in [0.25, 0.3) is 17.0 Å². The minimum atomic E-state index is 0.630. The molecule has 4 heteroatoms. The molecule has 164 valence electrons. The minimum absolute atomic E-state index is 0.630. The average Bonchev–Trinajstić information content (AvgIpc) is 2.79. The third-order valence-electron chi connectivity index (χ3n) is 5.06. The second kappa shape index (κ2) is 12.0. The first-order chi connectivity index (χ1) is 15.2. The summed E-state index contributed by atoms with van der Waals surface area (Å²) in [6.45, 7) is 8.25. The number of rotatable bonds is 12. The number of nitrogens with zero attached hydrogens (tertiary/aromatic N) is 1. The maximum absolute atomic E-state index is 6.15. The van der Waals surface area contributed by atoms with Gasteiger partial charge in [0, 0.05) is 10.9 Å². The lowest BCUT2D eigenvalue weighted by atomic mass is 10.1. The van der Waals surface area contributed by atoms with E-state index in [2.05, 4.69) is 32.1 Å². The molecule has 1 aromatic heterocycles. The van der Waals surface area contributed by atoms with Crippen LogP contribution in [-0.2, 0) is 0 Å². The average molecular weight is 420 g/mol. The largest absolute Gasteiger partial charge is 0.493 e. The number of unbranched alkanes of at least 4 members (excludes halogenated alkanes) is 2. The summed E-state index contributed by atoms with van der Waals surface area (Å²) in [4.78, 5) is 4.85. The Morgan fingerprint density at radius 2 is 1.55 bits per heavy atom. The molecule has 31 heavy (non-hydrogen) atoms. The van der Waals surface area contributed by atoms with Crippen LogP contribution < -0.4 is 14.2 Å². The van der Waals surface area contributed by atoms with E-state index in [-0.39, 0.29) is 0 Å². The van der Waals surface area contributed by atoms with Gasteiger partial charge < -0.3 is 14.2 Å². The number of hydrogen-bond acceptors (Lipinski definition) is 4. The topological polar surface area (TPSA) is 40.6 Å². The van der Waals surface area contributed by atoms with E-state index in [4.69, 9.17) is 19.2 Å². The molecule has 0 aliphatic carbocycles. The number of ether oxygens (including phenoxy) is 3. The van der Waals surface area contributed by atoms with E-state index < -0.39 is 0 Å². The highest BCUT2D eigenvalue weighted by Crippen LogP contribution is 2.31. The van der Waals surface area contributed by atoms with E-state index in [9.17, 15) is 0 Å². The number of pyridine rings is 1. The van der Waals surface area contributed by atoms with Crippen LogP contribution in [0, 0.1) is 6.92 Å². The van der Waals surface area contributed by atoms with Crippen molar-refractivity contribution in [1.29, 1.82) is 0 Å². The van der Waals surface area contributed by atoms with Crippen LogP contribution in [0.15, 0.2) is 54.6 Å². The predicted molar refractivity (Wildman–Crippen MR) is 128 cm³/mol. The van der Waals surface area contributed by atoms with Gasteiger partial charge in [-0.1, -0.05) is 43.7 Å². The van der Waals surface area contributed by atoms with Crippen molar-refractivity contribution in [3.63, 3.8) is 0 Å². The van der Waals surface area contributed by atoms with Crippen LogP contribution in [0.2, 0.25) is 0 Å². The molecule has 0 amide bonds. The lowest BCUT2D eigenvalue weighted by Crippen LogP contribution is -2.02. The molecule has 0 fully saturated rings. The Morgan fingerprint density at radius 3 is 2.32 bits per heavy atom. The zero-order chi connectivity index (χ0) is 21.9. The highest BCUT2D eigenvalue weighted by Gasteiger charge is 2.11. The number of hydrogen-bond donors (Lipinski definition) is 0. The van der Waals surface area contributed by atoms with Gasteiger partial charge >= 0.3 is 0 Å². The SMILES string of the molecule is CCCCOc1c(C)c(C=CCCCOc2ccccc2OCC)nc2ccccc12. The first kappa shape index (κ1) is 22.7. The number of benzene rings is 2. The van der Waals surface area contributed by atoms with Gasteiger partial charge in [-0.05, 0) is 63.5 Å². The third kappa shape index (κ3) is 6.24. The molecule has 0 aliphatic heterocycles. The van der Waals surface area contributed by atoms with Crippen molar-refractivity contribution >= 4 is 17.0 Å². The quantitative estimate of drug-likeness (QED) is 0.297. The summed E-state index contributed by atoms with van der Waals surface area (Å²) in [6.07, 6.45) is 8.26. The van der Waals surface area contributed by atoms with Gasteiger partial charge in [0.15, 0.2) is 11.5 Å². The standard InChI is InChI=1S/C27H33NO3/c1-4-6-19-31-27-21(3)23(28-24-16-10-9-14-22(24)27)15-8-7-13-20-30-26-18-12-11-17-25(26)29-5-2/h8-12,14-18H,4-7,13,19-20H2,1-3H3. The first-order valence-corrected chi connectivity index (χ1v) is 11.3. The summed E-state index contributed by atoms with van der Waals surface area (Å²) in [6, 6.07) is 16.0. The Labute approximate surface area is 185 Å². The van der Waals surface area contributed by atoms with Gasteiger partial charge in [0.05, 0.1) is 31.0 Å². The van der Waals surface area contributed by atoms with Crippen LogP contribution >= 0.6 is 0 Å². The zero-order valence-corrected chi connectivity index (χ0v) is 18.9. The molecule has 0 radical (unpaired) electrons. The van der Waals surface area contributed by atoms with Gasteiger partial charge in [0.1, 0.15) is 5.75 Å². The molecule has 0 atom stereocenters. The lowest BCUT2D eigenvalue weighted by Gasteiger charge is -2.14. The number of para-hydroxylation sites is 3. The summed E-state index contributed by atoms with van der Waals surface area (Å²) < 4.78 is 17.7. The Morgan fingerprint density at radius 1 is 0.839 bits per heavy atom. The smallest absolute Gasteiger partial charge is 0.161 e. The molecule has 2 aromatic carbocycles. The van der Waals surface area contributed by atoms with Gasteiger partial charge in [0.2, 0.25) is 0 Å². The highest BCUT2D eigenvalue weighted by atomic mass is 16.5. The minimum Gasteiger partial charge on any atom is -0.493 e. The van der Waals surface area contributed by atoms with E-state index in [1.807, 2.05) is 49.4 Å². The fourth-order valence-corrected chi connectivity index (χ4v) is 3.38. The van der Waals surface area contributed by atoms with E-state index in [0.717, 1.165) is 71.7 Å². The summed E-state index contributed by atoms with van der Waals surface area (Å²) >= 11 is 0. The van der Waals surface area contributed by atoms with E-state index in [1.54, 1.807) is 0 Å². The maximum atomic E-state index is 6.15. The van der Waals surface area contributed by atoms with Crippen LogP contribution in [-0.4, -0.2) is 24.8 Å². The molecule has 0 saturated heterocycles. The molecular weight excluding hydrogens is 386 g/mol. The van der Waals surface area contributed by atoms with Crippen LogP contribution in [0.3, 0.4) is 0 Å². The van der Waals surface area contributed by atoms with E-state index in [0.29, 0.717) is 13.2 Å². The number of fused-ring (bicyclic) bond motifs is 1. The summed E-state index contributed by atoms with van der Waals surface area (Å²) in [7, 11) is 0. The first-order valence-electron chi connectivity index (χ1n) is 11.3. The third-order valence-corrected chi connectivity index (χ3v) is 5.06. The molecule has 4 nitrogen and oxygen atoms in total. The van der Waals surface area contributed by atoms with Gasteiger partial charge in [-0.2, -0.15) is 0 Å². The maximum Gasteiger partial charge on any atom is 0.161 e. The van der Waals surface area contributed by atoms with Gasteiger partial charge in [-0.25, -0.2) is 4.98 Å². The van der Waals surface area contributed by atoms with Gasteiger partial charge in [0.25, 0.3) is 0 Å². The van der Waals surface area contributed by atoms with Crippen molar-refractivity contribution in [2.75, 3.05) is 19.8 Å². The Bertz CT molecular complexity index is 997. The molecule has 0 N–H and O–H groups in total. The van der Waals surface area contributed by atoms with E-state index in [1.165, 1.54) is 0 Å². The van der Waals surface area contributed by atoms with Crippen LogP contribution in [0.5, 0.6) is 17.2 Å². The number of aromatic nitrogens is 1. The molecule has 0 spiro atoms. The molecule has 0 saturated carbocycles. The Hall–Kier alpha value is -3.01. The van der Waals surface area contributed by atoms with Crippen LogP contribution in [0.1, 0.15) is 50.8 Å². The summed E-state index contributed by atoms with van der Waals surface area (Å²) in [5.41, 5.74) is 3.02. The zero-order valence-electron chi connectivity index (χ0n) is 18.9. The van der Waals surface area contributed by atoms with Crippen molar-refractivity contribution < 1.29 is 14.2 Å². The van der Waals surface area contributed by atoms with Crippen molar-refractivity contribution in [3.05, 3.63) is 65.9 Å². The molecule has 0 aliphatic rings. The molecule has 0 unspecified atom stereocenters. The summed E-state index contributed by atoms with van der Waals surface area (Å²) in [5.74, 6) is 2.55. The fraction of sp³-hybridized carbons (Fsp3) is 0.370. The normalized spacial score (nSPS) is 11.2. The Balaban J connectivity index is 1.61. The van der Waals surface area contributed by atoms with Crippen molar-refractivity contribution in [2.45, 2.75) is 46.5 Å². The Kier molecular flexibility index (Phi) is 8.77. The molecule has 3 rings (SSSR count). The molecular formula is C27H33NO3. The highest BCUT2D eigenvalue weighted by molar-refractivity contribution is 5.88. The van der Waals surface area contributed by atoms with Crippen LogP contribution in [0.4, 0.5) is 0 Å². The fourth-order valence-electron chi connectivity index (χ4n) is 3.38. The van der Waals surface area contributed by atoms with Crippen molar-refractivity contribution in [2.24, 2.45) is 0 Å². The monoisotopic (exact) mass is 419 g/mol. The van der Waals surface area contributed by atoms with E-state index >= 15 is 0 Å². The van der Waals surface area contributed by atoms with Crippen molar-refractivity contribution in [1.82, 2.24) is 4.98 Å². The second-order valence-electron chi connectivity index (χ2n) is 7.44. The molecule has 1 heterocycles. The van der Waals surface area contributed by atoms with Gasteiger partial charge in [-0.15, -0.1) is 0 Å². The number of allylic oxidation sites excluding steroid dienone is 1. The lowest BCUT2D eigenvalue weighted by molar-refractivity contribution is 0.274. The van der Waals surface area contributed by atoms with Gasteiger partial charge in [-0.3, -0.25) is 0 Å². The van der Waals surface area contributed by atoms with Crippen molar-refractivity contribution in [3.8, 4) is 17.2 Å². The predicted octanol–water partition coefficient (Wildman–Crippen LogP) is 6.99.